The average Bonchev–Trinajstić information content (AvgIpc) is 2.83. The fourth-order valence-corrected chi connectivity index (χ4v) is 4.59. The van der Waals surface area contributed by atoms with Gasteiger partial charge < -0.3 is 20.9 Å². The van der Waals surface area contributed by atoms with E-state index in [4.69, 9.17) is 20.9 Å². The molecule has 6 heteroatoms. The van der Waals surface area contributed by atoms with E-state index in [-0.39, 0.29) is 18.5 Å². The van der Waals surface area contributed by atoms with Gasteiger partial charge in [0.15, 0.2) is 0 Å². The lowest BCUT2D eigenvalue weighted by molar-refractivity contribution is -0.140. The highest BCUT2D eigenvalue weighted by molar-refractivity contribution is 5.87. The number of benzene rings is 2. The molecule has 1 aliphatic carbocycles. The molecule has 2 aromatic carbocycles. The summed E-state index contributed by atoms with van der Waals surface area (Å²) in [5, 5.41) is 0. The molecule has 0 amide bonds. The number of carbonyl (C=O) groups is 2. The molecule has 0 unspecified atom stereocenters. The minimum Gasteiger partial charge on any atom is -0.462 e. The number of unbranched alkanes of at least 4 members (excludes halogenated alkanes) is 2. The maximum atomic E-state index is 12.6. The fraction of sp³-hybridized carbons (Fsp3) is 0.448. The average molecular weight is 479 g/mol. The molecular weight excluding hydrogens is 440 g/mol. The Hall–Kier alpha value is -3.28. The summed E-state index contributed by atoms with van der Waals surface area (Å²) in [5.41, 5.74) is 14.5. The lowest BCUT2D eigenvalue weighted by Gasteiger charge is -2.27. The van der Waals surface area contributed by atoms with Crippen molar-refractivity contribution in [1.29, 1.82) is 0 Å². The van der Waals surface area contributed by atoms with Crippen LogP contribution in [0.2, 0.25) is 0 Å². The van der Waals surface area contributed by atoms with Crippen LogP contribution >= 0.6 is 0 Å². The summed E-state index contributed by atoms with van der Waals surface area (Å²) < 4.78 is 10.9. The molecule has 0 spiro atoms. The summed E-state index contributed by atoms with van der Waals surface area (Å²) in [5.74, 6) is 0.726. The van der Waals surface area contributed by atoms with Gasteiger partial charge in [-0.3, -0.25) is 4.79 Å². The number of hydrogen-bond donors (Lipinski definition) is 2. The third-order valence-corrected chi connectivity index (χ3v) is 6.58. The third kappa shape index (κ3) is 9.12. The first kappa shape index (κ1) is 26.3. The molecule has 2 aromatic rings. The number of anilines is 2. The Morgan fingerprint density at radius 1 is 0.971 bits per heavy atom. The molecule has 3 rings (SSSR count). The third-order valence-electron chi connectivity index (χ3n) is 6.58. The Morgan fingerprint density at radius 2 is 1.66 bits per heavy atom. The summed E-state index contributed by atoms with van der Waals surface area (Å²) in [7, 11) is 0. The van der Waals surface area contributed by atoms with Crippen LogP contribution < -0.4 is 16.2 Å². The predicted octanol–water partition coefficient (Wildman–Crippen LogP) is 5.94. The number of nitrogens with two attached hydrogens (primary N) is 2. The van der Waals surface area contributed by atoms with Crippen LogP contribution in [0.3, 0.4) is 0 Å². The van der Waals surface area contributed by atoms with Gasteiger partial charge in [-0.25, -0.2) is 4.79 Å². The van der Waals surface area contributed by atoms with Crippen molar-refractivity contribution in [3.8, 4) is 5.75 Å². The molecule has 1 saturated carbocycles. The minimum atomic E-state index is -0.428. The number of nitrogen functional groups attached to an aromatic ring is 2. The summed E-state index contributed by atoms with van der Waals surface area (Å²) in [4.78, 5) is 24.6. The van der Waals surface area contributed by atoms with Crippen LogP contribution in [-0.2, 0) is 20.7 Å². The van der Waals surface area contributed by atoms with Gasteiger partial charge in [-0.05, 0) is 79.1 Å². The molecule has 4 N–H and O–H groups in total. The second-order valence-corrected chi connectivity index (χ2v) is 9.46. The van der Waals surface area contributed by atoms with Crippen molar-refractivity contribution in [2.24, 2.45) is 11.8 Å². The van der Waals surface area contributed by atoms with Crippen LogP contribution in [0.1, 0.15) is 69.4 Å². The normalized spacial score (nSPS) is 17.9. The minimum absolute atomic E-state index is 0.00413. The van der Waals surface area contributed by atoms with Gasteiger partial charge in [0.2, 0.25) is 0 Å². The highest BCUT2D eigenvalue weighted by atomic mass is 16.5. The highest BCUT2D eigenvalue weighted by Gasteiger charge is 2.27. The standard InChI is InChI=1S/C29H38N2O4/c1-2-3-4-5-21-6-11-24(12-7-21)29(33)35-27-13-8-22(9-14-27)10-15-28(32)34-17-16-23-18-25(30)20-26(31)19-23/h8-10,13-15,18-21,24H,2-7,11-12,16-17,30-31H2,1H3/b15-10+. The van der Waals surface area contributed by atoms with Crippen molar-refractivity contribution in [2.75, 3.05) is 18.1 Å². The lowest BCUT2D eigenvalue weighted by Crippen LogP contribution is -2.25. The van der Waals surface area contributed by atoms with Crippen molar-refractivity contribution in [3.05, 3.63) is 59.7 Å². The topological polar surface area (TPSA) is 105 Å². The van der Waals surface area contributed by atoms with E-state index in [1.807, 2.05) is 24.3 Å². The molecule has 0 aromatic heterocycles. The predicted molar refractivity (Wildman–Crippen MR) is 141 cm³/mol. The molecule has 0 atom stereocenters. The molecule has 0 radical (unpaired) electrons. The largest absolute Gasteiger partial charge is 0.462 e. The van der Waals surface area contributed by atoms with Crippen molar-refractivity contribution in [3.63, 3.8) is 0 Å². The Labute approximate surface area is 208 Å². The number of rotatable bonds is 11. The Balaban J connectivity index is 1.38. The Bertz CT molecular complexity index is 972. The van der Waals surface area contributed by atoms with Gasteiger partial charge in [0.05, 0.1) is 12.5 Å². The van der Waals surface area contributed by atoms with E-state index in [0.29, 0.717) is 23.5 Å². The molecule has 0 saturated heterocycles. The number of hydrogen-bond acceptors (Lipinski definition) is 6. The van der Waals surface area contributed by atoms with Crippen LogP contribution in [-0.4, -0.2) is 18.5 Å². The first-order chi connectivity index (χ1) is 16.9. The quantitative estimate of drug-likeness (QED) is 0.136. The van der Waals surface area contributed by atoms with Gasteiger partial charge in [0, 0.05) is 23.9 Å². The van der Waals surface area contributed by atoms with E-state index in [1.165, 1.54) is 31.8 Å². The molecule has 35 heavy (non-hydrogen) atoms. The monoisotopic (exact) mass is 478 g/mol. The van der Waals surface area contributed by atoms with E-state index in [9.17, 15) is 9.59 Å². The van der Waals surface area contributed by atoms with Crippen LogP contribution in [0.5, 0.6) is 5.75 Å². The van der Waals surface area contributed by atoms with E-state index < -0.39 is 5.97 Å². The molecule has 1 fully saturated rings. The smallest absolute Gasteiger partial charge is 0.330 e. The molecule has 6 nitrogen and oxygen atoms in total. The van der Waals surface area contributed by atoms with Gasteiger partial charge in [-0.15, -0.1) is 0 Å². The van der Waals surface area contributed by atoms with Gasteiger partial charge in [0.1, 0.15) is 5.75 Å². The van der Waals surface area contributed by atoms with Gasteiger partial charge in [-0.1, -0.05) is 44.7 Å². The van der Waals surface area contributed by atoms with Crippen molar-refractivity contribution < 1.29 is 19.1 Å². The summed E-state index contributed by atoms with van der Waals surface area (Å²) in [6, 6.07) is 12.4. The summed E-state index contributed by atoms with van der Waals surface area (Å²) in [6.07, 6.45) is 12.8. The maximum absolute atomic E-state index is 12.6. The van der Waals surface area contributed by atoms with Crippen molar-refractivity contribution >= 4 is 29.4 Å². The molecule has 188 valence electrons. The second-order valence-electron chi connectivity index (χ2n) is 9.46. The maximum Gasteiger partial charge on any atom is 0.330 e. The van der Waals surface area contributed by atoms with E-state index in [2.05, 4.69) is 6.92 Å². The molecule has 0 aliphatic heterocycles. The van der Waals surface area contributed by atoms with Gasteiger partial charge in [0.25, 0.3) is 0 Å². The number of esters is 2. The summed E-state index contributed by atoms with van der Waals surface area (Å²) >= 11 is 0. The van der Waals surface area contributed by atoms with Gasteiger partial charge in [-0.2, -0.15) is 0 Å². The molecule has 0 bridgehead atoms. The Kier molecular flexibility index (Phi) is 10.2. The molecule has 1 aliphatic rings. The van der Waals surface area contributed by atoms with Crippen LogP contribution in [0.25, 0.3) is 6.08 Å². The van der Waals surface area contributed by atoms with Gasteiger partial charge >= 0.3 is 11.9 Å². The fourth-order valence-electron chi connectivity index (χ4n) is 4.59. The van der Waals surface area contributed by atoms with Crippen molar-refractivity contribution in [1.82, 2.24) is 0 Å². The number of carbonyl (C=O) groups excluding carboxylic acids is 2. The zero-order chi connectivity index (χ0) is 25.0. The first-order valence-corrected chi connectivity index (χ1v) is 12.7. The van der Waals surface area contributed by atoms with E-state index in [1.54, 1.807) is 24.3 Å². The number of ether oxygens (including phenoxy) is 2. The highest BCUT2D eigenvalue weighted by Crippen LogP contribution is 2.33. The van der Waals surface area contributed by atoms with E-state index in [0.717, 1.165) is 42.7 Å². The summed E-state index contributed by atoms with van der Waals surface area (Å²) in [6.45, 7) is 2.47. The zero-order valence-electron chi connectivity index (χ0n) is 20.7. The SMILES string of the molecule is CCCCCC1CCC(C(=O)Oc2ccc(/C=C/C(=O)OCCc3cc(N)cc(N)c3)cc2)CC1. The van der Waals surface area contributed by atoms with Crippen LogP contribution in [0.15, 0.2) is 48.5 Å². The van der Waals surface area contributed by atoms with Crippen LogP contribution in [0.4, 0.5) is 11.4 Å². The lowest BCUT2D eigenvalue weighted by atomic mass is 9.80. The van der Waals surface area contributed by atoms with Crippen LogP contribution in [0, 0.1) is 11.8 Å². The molecule has 0 heterocycles. The van der Waals surface area contributed by atoms with Crippen molar-refractivity contribution in [2.45, 2.75) is 64.7 Å². The van der Waals surface area contributed by atoms with E-state index >= 15 is 0 Å². The Morgan fingerprint density at radius 3 is 2.31 bits per heavy atom. The second kappa shape index (κ2) is 13.6. The zero-order valence-corrected chi connectivity index (χ0v) is 20.7. The molecular formula is C29H38N2O4. The first-order valence-electron chi connectivity index (χ1n) is 12.7.